The highest BCUT2D eigenvalue weighted by Gasteiger charge is 2.12. The van der Waals surface area contributed by atoms with Crippen LogP contribution in [0.15, 0.2) is 36.4 Å². The molecule has 0 radical (unpaired) electrons. The van der Waals surface area contributed by atoms with Gasteiger partial charge in [-0.3, -0.25) is 4.79 Å². The molecule has 0 saturated carbocycles. The van der Waals surface area contributed by atoms with Gasteiger partial charge in [0.05, 0.1) is 12.7 Å². The molecule has 0 aromatic heterocycles. The molecule has 5 nitrogen and oxygen atoms in total. The van der Waals surface area contributed by atoms with Crippen LogP contribution in [-0.2, 0) is 6.54 Å². The summed E-state index contributed by atoms with van der Waals surface area (Å²) in [6.45, 7) is 0.262. The Bertz CT molecular complexity index is 674. The van der Waals surface area contributed by atoms with E-state index in [0.717, 1.165) is 9.13 Å². The highest BCUT2D eigenvalue weighted by molar-refractivity contribution is 14.1. The molecule has 6 heteroatoms. The van der Waals surface area contributed by atoms with Crippen molar-refractivity contribution in [3.05, 3.63) is 51.1 Å². The zero-order valence-corrected chi connectivity index (χ0v) is 13.5. The number of halogens is 1. The number of anilines is 1. The number of benzene rings is 2. The lowest BCUT2D eigenvalue weighted by atomic mass is 10.1. The van der Waals surface area contributed by atoms with Gasteiger partial charge in [0, 0.05) is 21.4 Å². The highest BCUT2D eigenvalue weighted by atomic mass is 127. The van der Waals surface area contributed by atoms with Crippen molar-refractivity contribution in [3.63, 3.8) is 0 Å². The zero-order valence-electron chi connectivity index (χ0n) is 11.4. The van der Waals surface area contributed by atoms with Crippen LogP contribution in [0.1, 0.15) is 15.9 Å². The van der Waals surface area contributed by atoms with E-state index < -0.39 is 0 Å². The van der Waals surface area contributed by atoms with Crippen molar-refractivity contribution in [3.8, 4) is 11.5 Å². The first-order valence-electron chi connectivity index (χ1n) is 6.20. The summed E-state index contributed by atoms with van der Waals surface area (Å²) < 4.78 is 6.10. The van der Waals surface area contributed by atoms with Crippen molar-refractivity contribution >= 4 is 34.2 Å². The smallest absolute Gasteiger partial charge is 0.255 e. The average molecular weight is 398 g/mol. The number of rotatable bonds is 4. The van der Waals surface area contributed by atoms with Crippen LogP contribution in [0.25, 0.3) is 0 Å². The number of nitrogens with one attached hydrogen (secondary N) is 1. The average Bonchev–Trinajstić information content (AvgIpc) is 2.47. The van der Waals surface area contributed by atoms with Gasteiger partial charge in [0.2, 0.25) is 0 Å². The summed E-state index contributed by atoms with van der Waals surface area (Å²) in [6.07, 6.45) is 0. The number of hydrogen-bond donors (Lipinski definition) is 3. The van der Waals surface area contributed by atoms with E-state index >= 15 is 0 Å². The molecular formula is C15H15IN2O3. The molecule has 1 amide bonds. The topological polar surface area (TPSA) is 84.6 Å². The van der Waals surface area contributed by atoms with E-state index in [0.29, 0.717) is 11.4 Å². The van der Waals surface area contributed by atoms with Gasteiger partial charge < -0.3 is 20.9 Å². The molecular weight excluding hydrogens is 383 g/mol. The van der Waals surface area contributed by atoms with E-state index in [1.807, 2.05) is 0 Å². The molecule has 0 aliphatic rings. The number of nitrogen functional groups attached to an aromatic ring is 1. The second kappa shape index (κ2) is 6.66. The lowest BCUT2D eigenvalue weighted by molar-refractivity contribution is 0.0948. The summed E-state index contributed by atoms with van der Waals surface area (Å²) in [4.78, 5) is 12.1. The number of ether oxygens (including phenoxy) is 1. The fraction of sp³-hybridized carbons (Fsp3) is 0.133. The van der Waals surface area contributed by atoms with Crippen LogP contribution >= 0.6 is 22.6 Å². The first kappa shape index (κ1) is 15.4. The van der Waals surface area contributed by atoms with Gasteiger partial charge in [0.15, 0.2) is 0 Å². The van der Waals surface area contributed by atoms with Crippen LogP contribution in [0.4, 0.5) is 5.69 Å². The second-order valence-corrected chi connectivity index (χ2v) is 5.66. The van der Waals surface area contributed by atoms with Gasteiger partial charge in [-0.25, -0.2) is 0 Å². The number of carbonyl (C=O) groups is 1. The molecule has 0 atom stereocenters. The van der Waals surface area contributed by atoms with Gasteiger partial charge in [-0.15, -0.1) is 0 Å². The van der Waals surface area contributed by atoms with E-state index in [2.05, 4.69) is 27.9 Å². The molecule has 0 fully saturated rings. The quantitative estimate of drug-likeness (QED) is 0.546. The molecule has 2 aromatic rings. The summed E-state index contributed by atoms with van der Waals surface area (Å²) >= 11 is 2.08. The predicted molar refractivity (Wildman–Crippen MR) is 89.4 cm³/mol. The summed E-state index contributed by atoms with van der Waals surface area (Å²) in [5, 5.41) is 12.5. The van der Waals surface area contributed by atoms with Crippen molar-refractivity contribution in [2.75, 3.05) is 12.8 Å². The van der Waals surface area contributed by atoms with Crippen LogP contribution in [0.5, 0.6) is 11.5 Å². The first-order chi connectivity index (χ1) is 10.0. The maximum Gasteiger partial charge on any atom is 0.255 e. The van der Waals surface area contributed by atoms with Gasteiger partial charge >= 0.3 is 0 Å². The highest BCUT2D eigenvalue weighted by Crippen LogP contribution is 2.22. The number of nitrogens with two attached hydrogens (primary N) is 1. The largest absolute Gasteiger partial charge is 0.507 e. The number of phenolic OH excluding ortho intramolecular Hbond substituents is 1. The molecule has 0 aliphatic heterocycles. The van der Waals surface area contributed by atoms with Gasteiger partial charge in [0.1, 0.15) is 11.5 Å². The minimum atomic E-state index is -0.351. The lowest BCUT2D eigenvalue weighted by Gasteiger charge is -2.11. The Balaban J connectivity index is 2.14. The minimum absolute atomic E-state index is 0.0487. The number of hydrogen-bond acceptors (Lipinski definition) is 4. The fourth-order valence-electron chi connectivity index (χ4n) is 1.90. The summed E-state index contributed by atoms with van der Waals surface area (Å²) in [5.41, 5.74) is 7.34. The van der Waals surface area contributed by atoms with E-state index in [4.69, 9.17) is 10.5 Å². The molecule has 0 aliphatic carbocycles. The molecule has 0 bridgehead atoms. The SMILES string of the molecule is COc1ccc(N)cc1CNC(=O)c1cc(I)ccc1O. The zero-order chi connectivity index (χ0) is 15.4. The number of carbonyl (C=O) groups excluding carboxylic acids is 1. The lowest BCUT2D eigenvalue weighted by Crippen LogP contribution is -2.23. The third-order valence-electron chi connectivity index (χ3n) is 2.95. The van der Waals surface area contributed by atoms with Crippen molar-refractivity contribution < 1.29 is 14.6 Å². The Morgan fingerprint density at radius 3 is 2.81 bits per heavy atom. The molecule has 0 heterocycles. The normalized spacial score (nSPS) is 10.2. The van der Waals surface area contributed by atoms with Crippen molar-refractivity contribution in [1.29, 1.82) is 0 Å². The van der Waals surface area contributed by atoms with Crippen LogP contribution in [0.2, 0.25) is 0 Å². The molecule has 21 heavy (non-hydrogen) atoms. The molecule has 0 unspecified atom stereocenters. The maximum atomic E-state index is 12.1. The standard InChI is InChI=1S/C15H15IN2O3/c1-21-14-5-3-11(17)6-9(14)8-18-15(20)12-7-10(16)2-4-13(12)19/h2-7,19H,8,17H2,1H3,(H,18,20). The monoisotopic (exact) mass is 398 g/mol. The maximum absolute atomic E-state index is 12.1. The molecule has 0 saturated heterocycles. The Labute approximate surface area is 136 Å². The third kappa shape index (κ3) is 3.78. The number of methoxy groups -OCH3 is 1. The van der Waals surface area contributed by atoms with Gasteiger partial charge in [0.25, 0.3) is 5.91 Å². The number of amides is 1. The molecule has 110 valence electrons. The van der Waals surface area contributed by atoms with E-state index in [9.17, 15) is 9.90 Å². The Kier molecular flexibility index (Phi) is 4.89. The molecule has 0 spiro atoms. The number of aromatic hydroxyl groups is 1. The van der Waals surface area contributed by atoms with Crippen molar-refractivity contribution in [1.82, 2.24) is 5.32 Å². The summed E-state index contributed by atoms with van der Waals surface area (Å²) in [6, 6.07) is 10.1. The van der Waals surface area contributed by atoms with Gasteiger partial charge in [-0.05, 0) is 59.0 Å². The van der Waals surface area contributed by atoms with Crippen LogP contribution in [-0.4, -0.2) is 18.1 Å². The first-order valence-corrected chi connectivity index (χ1v) is 7.28. The molecule has 2 rings (SSSR count). The Morgan fingerprint density at radius 1 is 1.33 bits per heavy atom. The van der Waals surface area contributed by atoms with E-state index in [1.54, 1.807) is 37.4 Å². The Morgan fingerprint density at radius 2 is 2.10 bits per heavy atom. The molecule has 2 aromatic carbocycles. The van der Waals surface area contributed by atoms with Crippen LogP contribution in [0, 0.1) is 3.57 Å². The van der Waals surface area contributed by atoms with Crippen molar-refractivity contribution in [2.45, 2.75) is 6.54 Å². The summed E-state index contributed by atoms with van der Waals surface area (Å²) in [7, 11) is 1.56. The van der Waals surface area contributed by atoms with E-state index in [-0.39, 0.29) is 23.8 Å². The predicted octanol–water partition coefficient (Wildman–Crippen LogP) is 2.52. The van der Waals surface area contributed by atoms with Crippen LogP contribution < -0.4 is 15.8 Å². The van der Waals surface area contributed by atoms with Crippen molar-refractivity contribution in [2.24, 2.45) is 0 Å². The van der Waals surface area contributed by atoms with Crippen LogP contribution in [0.3, 0.4) is 0 Å². The van der Waals surface area contributed by atoms with E-state index in [1.165, 1.54) is 6.07 Å². The molecule has 4 N–H and O–H groups in total. The van der Waals surface area contributed by atoms with Gasteiger partial charge in [-0.2, -0.15) is 0 Å². The third-order valence-corrected chi connectivity index (χ3v) is 3.62. The fourth-order valence-corrected chi connectivity index (χ4v) is 2.39. The Hall–Kier alpha value is -1.96. The van der Waals surface area contributed by atoms with Gasteiger partial charge in [-0.1, -0.05) is 0 Å². The second-order valence-electron chi connectivity index (χ2n) is 4.42. The number of phenols is 1. The minimum Gasteiger partial charge on any atom is -0.507 e. The summed E-state index contributed by atoms with van der Waals surface area (Å²) in [5.74, 6) is 0.249.